The van der Waals surface area contributed by atoms with Crippen molar-refractivity contribution in [2.75, 3.05) is 24.7 Å². The van der Waals surface area contributed by atoms with Gasteiger partial charge in [0.1, 0.15) is 19.0 Å². The van der Waals surface area contributed by atoms with Crippen molar-refractivity contribution in [2.24, 2.45) is 0 Å². The maximum absolute atomic E-state index is 12.1. The van der Waals surface area contributed by atoms with E-state index in [0.717, 1.165) is 22.9 Å². The molecule has 1 aromatic rings. The van der Waals surface area contributed by atoms with Gasteiger partial charge in [0, 0.05) is 4.47 Å². The fourth-order valence-corrected chi connectivity index (χ4v) is 4.55. The number of nitrogens with one attached hydrogen (secondary N) is 1. The van der Waals surface area contributed by atoms with Crippen LogP contribution in [0.1, 0.15) is 44.7 Å². The van der Waals surface area contributed by atoms with Gasteiger partial charge in [-0.3, -0.25) is 4.79 Å². The molecule has 1 aliphatic heterocycles. The second-order valence-corrected chi connectivity index (χ2v) is 9.14. The number of benzene rings is 1. The zero-order valence-electron chi connectivity index (χ0n) is 14.5. The van der Waals surface area contributed by atoms with Crippen molar-refractivity contribution < 1.29 is 22.7 Å². The molecule has 140 valence electrons. The van der Waals surface area contributed by atoms with Crippen LogP contribution in [0.2, 0.25) is 0 Å². The Morgan fingerprint density at radius 1 is 1.24 bits per heavy atom. The fraction of sp³-hybridized carbons (Fsp3) is 0.588. The first-order chi connectivity index (χ1) is 11.8. The van der Waals surface area contributed by atoms with E-state index in [1.807, 2.05) is 6.92 Å². The summed E-state index contributed by atoms with van der Waals surface area (Å²) in [7, 11) is -3.37. The van der Waals surface area contributed by atoms with Gasteiger partial charge in [-0.25, -0.2) is 8.42 Å². The molecule has 2 rings (SSSR count). The summed E-state index contributed by atoms with van der Waals surface area (Å²) in [5, 5.41) is 2.75. The van der Waals surface area contributed by atoms with Crippen molar-refractivity contribution >= 4 is 31.7 Å². The first-order valence-corrected chi connectivity index (χ1v) is 11.0. The van der Waals surface area contributed by atoms with Crippen LogP contribution in [0.3, 0.4) is 0 Å². The summed E-state index contributed by atoms with van der Waals surface area (Å²) >= 11 is 3.46. The third-order valence-corrected chi connectivity index (χ3v) is 6.21. The molecule has 1 atom stereocenters. The summed E-state index contributed by atoms with van der Waals surface area (Å²) < 4.78 is 35.8. The maximum Gasteiger partial charge on any atom is 0.235 e. The van der Waals surface area contributed by atoms with Gasteiger partial charge >= 0.3 is 0 Å². The van der Waals surface area contributed by atoms with Crippen molar-refractivity contribution in [3.05, 3.63) is 22.2 Å². The summed E-state index contributed by atoms with van der Waals surface area (Å²) in [6.45, 7) is 4.79. The van der Waals surface area contributed by atoms with E-state index in [1.54, 1.807) is 19.1 Å². The minimum absolute atomic E-state index is 0.0519. The minimum atomic E-state index is -3.37. The van der Waals surface area contributed by atoms with Crippen LogP contribution in [0, 0.1) is 0 Å². The highest BCUT2D eigenvalue weighted by Crippen LogP contribution is 2.37. The van der Waals surface area contributed by atoms with E-state index in [-0.39, 0.29) is 11.8 Å². The molecular weight excluding hydrogens is 410 g/mol. The summed E-state index contributed by atoms with van der Waals surface area (Å²) in [5.74, 6) is 0.349. The molecule has 0 aromatic heterocycles. The molecule has 0 radical (unpaired) electrons. The number of unbranched alkanes of at least 4 members (excludes halogenated alkanes) is 2. The maximum atomic E-state index is 12.1. The Labute approximate surface area is 157 Å². The monoisotopic (exact) mass is 433 g/mol. The van der Waals surface area contributed by atoms with Crippen LogP contribution in [-0.2, 0) is 14.6 Å². The van der Waals surface area contributed by atoms with Gasteiger partial charge < -0.3 is 14.8 Å². The Kier molecular flexibility index (Phi) is 7.13. The lowest BCUT2D eigenvalue weighted by molar-refractivity contribution is -0.119. The first kappa shape index (κ1) is 20.0. The lowest BCUT2D eigenvalue weighted by Crippen LogP contribution is -2.33. The molecule has 1 amide bonds. The first-order valence-electron chi connectivity index (χ1n) is 8.41. The van der Waals surface area contributed by atoms with Crippen molar-refractivity contribution in [3.8, 4) is 11.5 Å². The number of ether oxygens (including phenoxy) is 2. The highest BCUT2D eigenvalue weighted by Gasteiger charge is 2.21. The molecule has 0 aliphatic carbocycles. The van der Waals surface area contributed by atoms with Crippen LogP contribution in [0.5, 0.6) is 11.5 Å². The molecule has 0 bridgehead atoms. The van der Waals surface area contributed by atoms with Gasteiger partial charge in [-0.2, -0.15) is 0 Å². The van der Waals surface area contributed by atoms with Gasteiger partial charge in [-0.05, 0) is 31.0 Å². The summed E-state index contributed by atoms with van der Waals surface area (Å²) in [5.41, 5.74) is 0.806. The molecule has 8 heteroatoms. The standard InChI is InChI=1S/C17H24BrNO5S/c1-3-4-5-8-25(21,22)11-17(20)19-12(2)13-9-15-16(10-14(13)18)24-7-6-23-15/h9-10,12H,3-8,11H2,1-2H3,(H,19,20). The number of amides is 1. The third-order valence-electron chi connectivity index (χ3n) is 3.92. The Morgan fingerprint density at radius 2 is 1.88 bits per heavy atom. The molecule has 1 heterocycles. The van der Waals surface area contributed by atoms with Crippen LogP contribution in [0.25, 0.3) is 0 Å². The summed E-state index contributed by atoms with van der Waals surface area (Å²) in [6, 6.07) is 3.25. The molecule has 0 saturated carbocycles. The highest BCUT2D eigenvalue weighted by atomic mass is 79.9. The van der Waals surface area contributed by atoms with Crippen molar-refractivity contribution in [1.29, 1.82) is 0 Å². The summed E-state index contributed by atoms with van der Waals surface area (Å²) in [6.07, 6.45) is 2.38. The number of hydrogen-bond acceptors (Lipinski definition) is 5. The number of hydrogen-bond donors (Lipinski definition) is 1. The highest BCUT2D eigenvalue weighted by molar-refractivity contribution is 9.10. The van der Waals surface area contributed by atoms with Gasteiger partial charge in [0.25, 0.3) is 0 Å². The van der Waals surface area contributed by atoms with E-state index in [1.165, 1.54) is 0 Å². The van der Waals surface area contributed by atoms with Gasteiger partial charge in [-0.15, -0.1) is 0 Å². The van der Waals surface area contributed by atoms with Gasteiger partial charge in [0.15, 0.2) is 21.3 Å². The second-order valence-electron chi connectivity index (χ2n) is 6.11. The van der Waals surface area contributed by atoms with Crippen LogP contribution in [0.15, 0.2) is 16.6 Å². The zero-order valence-corrected chi connectivity index (χ0v) is 16.9. The predicted octanol–water partition coefficient (Wildman–Crippen LogP) is 3.00. The average molecular weight is 434 g/mol. The van der Waals surface area contributed by atoms with Gasteiger partial charge in [-0.1, -0.05) is 35.7 Å². The molecule has 6 nitrogen and oxygen atoms in total. The minimum Gasteiger partial charge on any atom is -0.486 e. The van der Waals surface area contributed by atoms with Crippen LogP contribution in [-0.4, -0.2) is 39.0 Å². The Morgan fingerprint density at radius 3 is 2.52 bits per heavy atom. The fourth-order valence-electron chi connectivity index (χ4n) is 2.62. The van der Waals surface area contributed by atoms with E-state index in [2.05, 4.69) is 21.2 Å². The molecular formula is C17H24BrNO5S. The molecule has 1 aliphatic rings. The largest absolute Gasteiger partial charge is 0.486 e. The number of rotatable bonds is 8. The molecule has 25 heavy (non-hydrogen) atoms. The number of halogens is 1. The second kappa shape index (κ2) is 8.89. The Hall–Kier alpha value is -1.28. The van der Waals surface area contributed by atoms with Crippen molar-refractivity contribution in [3.63, 3.8) is 0 Å². The number of sulfone groups is 1. The average Bonchev–Trinajstić information content (AvgIpc) is 2.53. The van der Waals surface area contributed by atoms with Crippen molar-refractivity contribution in [1.82, 2.24) is 5.32 Å². The normalized spacial score (nSPS) is 14.8. The smallest absolute Gasteiger partial charge is 0.235 e. The lowest BCUT2D eigenvalue weighted by atomic mass is 10.1. The number of carbonyl (C=O) groups is 1. The van der Waals surface area contributed by atoms with E-state index in [9.17, 15) is 13.2 Å². The Balaban J connectivity index is 1.99. The van der Waals surface area contributed by atoms with Crippen LogP contribution < -0.4 is 14.8 Å². The molecule has 1 unspecified atom stereocenters. The van der Waals surface area contributed by atoms with E-state index >= 15 is 0 Å². The third kappa shape index (κ3) is 5.88. The van der Waals surface area contributed by atoms with Crippen molar-refractivity contribution in [2.45, 2.75) is 39.2 Å². The Bertz CT molecular complexity index is 720. The van der Waals surface area contributed by atoms with Crippen LogP contribution >= 0.6 is 15.9 Å². The number of carbonyl (C=O) groups excluding carboxylic acids is 1. The molecule has 1 N–H and O–H groups in total. The summed E-state index contributed by atoms with van der Waals surface area (Å²) in [4.78, 5) is 12.1. The quantitative estimate of drug-likeness (QED) is 0.637. The molecule has 1 aromatic carbocycles. The van der Waals surface area contributed by atoms with Gasteiger partial charge in [0.05, 0.1) is 11.8 Å². The molecule has 0 saturated heterocycles. The lowest BCUT2D eigenvalue weighted by Gasteiger charge is -2.22. The topological polar surface area (TPSA) is 81.7 Å². The molecule has 0 fully saturated rings. The van der Waals surface area contributed by atoms with E-state index < -0.39 is 21.5 Å². The number of fused-ring (bicyclic) bond motifs is 1. The van der Waals surface area contributed by atoms with Gasteiger partial charge in [0.2, 0.25) is 5.91 Å². The van der Waals surface area contributed by atoms with Crippen LogP contribution in [0.4, 0.5) is 0 Å². The zero-order chi connectivity index (χ0) is 18.4. The predicted molar refractivity (Wildman–Crippen MR) is 99.9 cm³/mol. The SMILES string of the molecule is CCCCCS(=O)(=O)CC(=O)NC(C)c1cc2c(cc1Br)OCCO2. The van der Waals surface area contributed by atoms with E-state index in [4.69, 9.17) is 9.47 Å². The molecule has 0 spiro atoms. The van der Waals surface area contributed by atoms with E-state index in [0.29, 0.717) is 31.1 Å².